The summed E-state index contributed by atoms with van der Waals surface area (Å²) in [5, 5.41) is 3.17. The highest BCUT2D eigenvalue weighted by molar-refractivity contribution is 5.31. The highest BCUT2D eigenvalue weighted by Gasteiger charge is 2.16. The van der Waals surface area contributed by atoms with Crippen molar-refractivity contribution in [1.29, 1.82) is 0 Å². The van der Waals surface area contributed by atoms with Crippen LogP contribution in [0.3, 0.4) is 0 Å². The first kappa shape index (κ1) is 14.7. The molecule has 0 saturated heterocycles. The highest BCUT2D eigenvalue weighted by Crippen LogP contribution is 2.14. The van der Waals surface area contributed by atoms with Crippen LogP contribution in [0.2, 0.25) is 0 Å². The Labute approximate surface area is 109 Å². The van der Waals surface area contributed by atoms with E-state index in [1.807, 2.05) is 26.8 Å². The molecule has 0 aliphatic heterocycles. The van der Waals surface area contributed by atoms with Crippen LogP contribution >= 0.6 is 0 Å². The van der Waals surface area contributed by atoms with Crippen LogP contribution in [0.1, 0.15) is 32.9 Å². The van der Waals surface area contributed by atoms with Gasteiger partial charge in [-0.15, -0.1) is 0 Å². The van der Waals surface area contributed by atoms with Gasteiger partial charge < -0.3 is 14.8 Å². The van der Waals surface area contributed by atoms with Gasteiger partial charge in [0.25, 0.3) is 0 Å². The van der Waals surface area contributed by atoms with Crippen molar-refractivity contribution in [2.24, 2.45) is 0 Å². The quantitative estimate of drug-likeness (QED) is 0.808. The molecule has 1 aromatic rings. The molecule has 0 unspecified atom stereocenters. The molecule has 5 nitrogen and oxygen atoms in total. The molecule has 0 spiro atoms. The van der Waals surface area contributed by atoms with E-state index in [4.69, 9.17) is 9.47 Å². The predicted octanol–water partition coefficient (Wildman–Crippen LogP) is 2.41. The van der Waals surface area contributed by atoms with Gasteiger partial charge in [0, 0.05) is 25.4 Å². The fourth-order valence-corrected chi connectivity index (χ4v) is 1.26. The lowest BCUT2D eigenvalue weighted by molar-refractivity contribution is 0.0342. The zero-order chi connectivity index (χ0) is 13.6. The molecule has 1 rings (SSSR count). The van der Waals surface area contributed by atoms with E-state index >= 15 is 0 Å². The van der Waals surface area contributed by atoms with Gasteiger partial charge in [0.15, 0.2) is 0 Å². The van der Waals surface area contributed by atoms with Gasteiger partial charge in [-0.3, -0.25) is 0 Å². The Morgan fingerprint density at radius 3 is 2.67 bits per heavy atom. The smallest absolute Gasteiger partial charge is 0.226 e. The molecule has 0 aliphatic carbocycles. The standard InChI is InChI=1S/C13H23N3O2/c1-6-7-18-11-8-10(2)15-12(16-11)14-9-13(3,4)17-5/h8H,6-7,9H2,1-5H3,(H,14,15,16). The number of anilines is 1. The summed E-state index contributed by atoms with van der Waals surface area (Å²) in [5.74, 6) is 1.19. The van der Waals surface area contributed by atoms with Crippen molar-refractivity contribution in [3.63, 3.8) is 0 Å². The van der Waals surface area contributed by atoms with Crippen LogP contribution < -0.4 is 10.1 Å². The van der Waals surface area contributed by atoms with E-state index in [0.29, 0.717) is 25.0 Å². The number of nitrogens with one attached hydrogen (secondary N) is 1. The zero-order valence-corrected chi connectivity index (χ0v) is 11.9. The molecule has 0 aromatic carbocycles. The van der Waals surface area contributed by atoms with Gasteiger partial charge in [0.1, 0.15) is 0 Å². The van der Waals surface area contributed by atoms with Gasteiger partial charge in [0.2, 0.25) is 11.8 Å². The topological polar surface area (TPSA) is 56.3 Å². The first-order valence-corrected chi connectivity index (χ1v) is 6.24. The van der Waals surface area contributed by atoms with E-state index in [2.05, 4.69) is 22.2 Å². The molecule has 5 heteroatoms. The third-order valence-corrected chi connectivity index (χ3v) is 2.51. The third kappa shape index (κ3) is 4.87. The minimum Gasteiger partial charge on any atom is -0.478 e. The van der Waals surface area contributed by atoms with E-state index in [0.717, 1.165) is 12.1 Å². The van der Waals surface area contributed by atoms with Gasteiger partial charge in [-0.25, -0.2) is 4.98 Å². The Balaban J connectivity index is 2.68. The predicted molar refractivity (Wildman–Crippen MR) is 72.1 cm³/mol. The Morgan fingerprint density at radius 1 is 1.33 bits per heavy atom. The van der Waals surface area contributed by atoms with Gasteiger partial charge in [-0.05, 0) is 27.2 Å². The first-order valence-electron chi connectivity index (χ1n) is 6.24. The largest absolute Gasteiger partial charge is 0.478 e. The van der Waals surface area contributed by atoms with Crippen LogP contribution in [0.5, 0.6) is 5.88 Å². The fraction of sp³-hybridized carbons (Fsp3) is 0.692. The van der Waals surface area contributed by atoms with Crippen molar-refractivity contribution in [1.82, 2.24) is 9.97 Å². The molecule has 1 N–H and O–H groups in total. The van der Waals surface area contributed by atoms with Crippen LogP contribution in [0, 0.1) is 6.92 Å². The number of aryl methyl sites for hydroxylation is 1. The van der Waals surface area contributed by atoms with E-state index < -0.39 is 0 Å². The first-order chi connectivity index (χ1) is 8.46. The van der Waals surface area contributed by atoms with E-state index in [-0.39, 0.29) is 5.60 Å². The van der Waals surface area contributed by atoms with E-state index in [9.17, 15) is 0 Å². The SMILES string of the molecule is CCCOc1cc(C)nc(NCC(C)(C)OC)n1. The lowest BCUT2D eigenvalue weighted by Gasteiger charge is -2.23. The molecular weight excluding hydrogens is 230 g/mol. The average Bonchev–Trinajstić information content (AvgIpc) is 2.33. The van der Waals surface area contributed by atoms with Crippen molar-refractivity contribution in [2.45, 2.75) is 39.7 Å². The van der Waals surface area contributed by atoms with Gasteiger partial charge in [-0.2, -0.15) is 4.98 Å². The van der Waals surface area contributed by atoms with Crippen LogP contribution in [-0.4, -0.2) is 35.8 Å². The van der Waals surface area contributed by atoms with Gasteiger partial charge in [-0.1, -0.05) is 6.92 Å². The molecule has 0 fully saturated rings. The van der Waals surface area contributed by atoms with Gasteiger partial charge in [0.05, 0.1) is 12.2 Å². The Kier molecular flexibility index (Phi) is 5.34. The van der Waals surface area contributed by atoms with Gasteiger partial charge >= 0.3 is 0 Å². The maximum atomic E-state index is 5.51. The molecule has 1 aromatic heterocycles. The summed E-state index contributed by atoms with van der Waals surface area (Å²) >= 11 is 0. The van der Waals surface area contributed by atoms with Crippen LogP contribution in [0.4, 0.5) is 5.95 Å². The number of ether oxygens (including phenoxy) is 2. The maximum absolute atomic E-state index is 5.51. The summed E-state index contributed by atoms with van der Waals surface area (Å²) in [6.45, 7) is 9.30. The number of aromatic nitrogens is 2. The van der Waals surface area contributed by atoms with Crippen LogP contribution in [0.15, 0.2) is 6.07 Å². The molecule has 0 atom stereocenters. The second kappa shape index (κ2) is 6.54. The molecule has 0 bridgehead atoms. The zero-order valence-electron chi connectivity index (χ0n) is 11.9. The minimum absolute atomic E-state index is 0.252. The maximum Gasteiger partial charge on any atom is 0.226 e. The number of methoxy groups -OCH3 is 1. The summed E-state index contributed by atoms with van der Waals surface area (Å²) in [4.78, 5) is 8.63. The molecule has 0 aliphatic rings. The number of hydrogen-bond acceptors (Lipinski definition) is 5. The normalized spacial score (nSPS) is 11.4. The number of hydrogen-bond donors (Lipinski definition) is 1. The molecule has 1 heterocycles. The minimum atomic E-state index is -0.252. The van der Waals surface area contributed by atoms with Crippen molar-refractivity contribution in [3.05, 3.63) is 11.8 Å². The Hall–Kier alpha value is -1.36. The molecule has 0 radical (unpaired) electrons. The Morgan fingerprint density at radius 2 is 2.06 bits per heavy atom. The average molecular weight is 253 g/mol. The number of rotatable bonds is 7. The Bertz CT molecular complexity index is 380. The monoisotopic (exact) mass is 253 g/mol. The highest BCUT2D eigenvalue weighted by atomic mass is 16.5. The van der Waals surface area contributed by atoms with Crippen molar-refractivity contribution in [3.8, 4) is 5.88 Å². The summed E-state index contributed by atoms with van der Waals surface area (Å²) in [5.41, 5.74) is 0.631. The third-order valence-electron chi connectivity index (χ3n) is 2.51. The van der Waals surface area contributed by atoms with E-state index in [1.54, 1.807) is 7.11 Å². The van der Waals surface area contributed by atoms with Crippen molar-refractivity contribution in [2.75, 3.05) is 25.6 Å². The lowest BCUT2D eigenvalue weighted by atomic mass is 10.1. The van der Waals surface area contributed by atoms with Crippen molar-refractivity contribution < 1.29 is 9.47 Å². The summed E-state index contributed by atoms with van der Waals surface area (Å²) < 4.78 is 10.8. The van der Waals surface area contributed by atoms with Crippen LogP contribution in [-0.2, 0) is 4.74 Å². The summed E-state index contributed by atoms with van der Waals surface area (Å²) in [7, 11) is 1.69. The molecule has 102 valence electrons. The molecular formula is C13H23N3O2. The number of nitrogens with zero attached hydrogens (tertiary/aromatic N) is 2. The summed E-state index contributed by atoms with van der Waals surface area (Å²) in [6, 6.07) is 1.84. The summed E-state index contributed by atoms with van der Waals surface area (Å²) in [6.07, 6.45) is 0.961. The van der Waals surface area contributed by atoms with Crippen molar-refractivity contribution >= 4 is 5.95 Å². The molecule has 0 saturated carbocycles. The lowest BCUT2D eigenvalue weighted by Crippen LogP contribution is -2.32. The molecule has 18 heavy (non-hydrogen) atoms. The second-order valence-corrected chi connectivity index (χ2v) is 4.84. The fourth-order valence-electron chi connectivity index (χ4n) is 1.26. The second-order valence-electron chi connectivity index (χ2n) is 4.84. The molecule has 0 amide bonds. The van der Waals surface area contributed by atoms with Crippen LogP contribution in [0.25, 0.3) is 0 Å². The van der Waals surface area contributed by atoms with E-state index in [1.165, 1.54) is 0 Å².